The first kappa shape index (κ1) is 16.7. The van der Waals surface area contributed by atoms with Crippen molar-refractivity contribution in [3.8, 4) is 0 Å². The van der Waals surface area contributed by atoms with E-state index in [0.717, 1.165) is 16.8 Å². The van der Waals surface area contributed by atoms with E-state index in [1.807, 2.05) is 44.2 Å². The summed E-state index contributed by atoms with van der Waals surface area (Å²) in [6.45, 7) is 4.66. The summed E-state index contributed by atoms with van der Waals surface area (Å²) < 4.78 is 5.39. The van der Waals surface area contributed by atoms with Gasteiger partial charge in [-0.2, -0.15) is 0 Å². The first-order valence-electron chi connectivity index (χ1n) is 8.02. The fourth-order valence-electron chi connectivity index (χ4n) is 2.60. The second kappa shape index (κ2) is 7.61. The molecule has 6 nitrogen and oxygen atoms in total. The molecular weight excluding hydrogens is 316 g/mol. The number of aromatic nitrogens is 2. The molecule has 128 valence electrons. The molecule has 0 atom stereocenters. The highest BCUT2D eigenvalue weighted by Gasteiger charge is 2.17. The molecule has 0 aliphatic carbocycles. The number of carbonyl (C=O) groups excluding carboxylic acids is 1. The Morgan fingerprint density at radius 2 is 2.08 bits per heavy atom. The van der Waals surface area contributed by atoms with Crippen LogP contribution in [-0.4, -0.2) is 20.9 Å². The van der Waals surface area contributed by atoms with Crippen LogP contribution in [0.15, 0.2) is 59.5 Å². The van der Waals surface area contributed by atoms with Crippen LogP contribution in [0.5, 0.6) is 0 Å². The molecule has 0 aliphatic heterocycles. The second-order valence-corrected chi connectivity index (χ2v) is 5.90. The Hall–Kier alpha value is -3.15. The van der Waals surface area contributed by atoms with E-state index in [-0.39, 0.29) is 6.03 Å². The summed E-state index contributed by atoms with van der Waals surface area (Å²) in [7, 11) is 0. The van der Waals surface area contributed by atoms with Crippen molar-refractivity contribution in [1.29, 1.82) is 0 Å². The molecule has 0 saturated carbocycles. The molecule has 3 rings (SSSR count). The van der Waals surface area contributed by atoms with Crippen molar-refractivity contribution in [2.45, 2.75) is 26.9 Å². The van der Waals surface area contributed by atoms with Gasteiger partial charge in [-0.1, -0.05) is 6.07 Å². The van der Waals surface area contributed by atoms with Gasteiger partial charge in [0.15, 0.2) is 0 Å². The summed E-state index contributed by atoms with van der Waals surface area (Å²) >= 11 is 0. The van der Waals surface area contributed by atoms with Crippen molar-refractivity contribution in [2.75, 3.05) is 5.32 Å². The van der Waals surface area contributed by atoms with Crippen LogP contribution in [0.3, 0.4) is 0 Å². The standard InChI is InChI=1S/C19H20N4O2/c1-14-9-15(2)21-18(10-14)22-19(24)23(13-17-6-4-8-25-17)12-16-5-3-7-20-11-16/h3-11H,12-13H2,1-2H3,(H,21,22,24). The fourth-order valence-corrected chi connectivity index (χ4v) is 2.60. The number of hydrogen-bond donors (Lipinski definition) is 1. The van der Waals surface area contributed by atoms with Gasteiger partial charge in [0.2, 0.25) is 0 Å². The molecule has 0 aromatic carbocycles. The normalized spacial score (nSPS) is 10.5. The van der Waals surface area contributed by atoms with Gasteiger partial charge in [0.25, 0.3) is 0 Å². The number of nitrogens with one attached hydrogen (secondary N) is 1. The second-order valence-electron chi connectivity index (χ2n) is 5.90. The maximum absolute atomic E-state index is 12.8. The number of anilines is 1. The van der Waals surface area contributed by atoms with Gasteiger partial charge in [-0.25, -0.2) is 9.78 Å². The minimum absolute atomic E-state index is 0.238. The van der Waals surface area contributed by atoms with Crippen LogP contribution in [0.4, 0.5) is 10.6 Å². The molecule has 3 aromatic heterocycles. The molecule has 25 heavy (non-hydrogen) atoms. The van der Waals surface area contributed by atoms with Crippen molar-refractivity contribution in [3.05, 3.63) is 77.6 Å². The van der Waals surface area contributed by atoms with Crippen molar-refractivity contribution in [2.24, 2.45) is 0 Å². The van der Waals surface area contributed by atoms with E-state index in [4.69, 9.17) is 4.42 Å². The predicted octanol–water partition coefficient (Wildman–Crippen LogP) is 3.92. The van der Waals surface area contributed by atoms with Crippen LogP contribution in [0.25, 0.3) is 0 Å². The van der Waals surface area contributed by atoms with E-state index in [0.29, 0.717) is 24.7 Å². The number of urea groups is 1. The predicted molar refractivity (Wildman–Crippen MR) is 94.9 cm³/mol. The molecule has 2 amide bonds. The molecule has 0 spiro atoms. The van der Waals surface area contributed by atoms with Gasteiger partial charge in [0.1, 0.15) is 11.6 Å². The van der Waals surface area contributed by atoms with Gasteiger partial charge in [0.05, 0.1) is 12.8 Å². The summed E-state index contributed by atoms with van der Waals surface area (Å²) in [4.78, 5) is 22.9. The highest BCUT2D eigenvalue weighted by Crippen LogP contribution is 2.14. The highest BCUT2D eigenvalue weighted by molar-refractivity contribution is 5.88. The summed E-state index contributed by atoms with van der Waals surface area (Å²) in [5, 5.41) is 2.87. The van der Waals surface area contributed by atoms with E-state index >= 15 is 0 Å². The molecule has 0 radical (unpaired) electrons. The molecule has 0 unspecified atom stereocenters. The van der Waals surface area contributed by atoms with Gasteiger partial charge in [-0.15, -0.1) is 0 Å². The summed E-state index contributed by atoms with van der Waals surface area (Å²) in [6.07, 6.45) is 5.05. The highest BCUT2D eigenvalue weighted by atomic mass is 16.3. The van der Waals surface area contributed by atoms with E-state index in [9.17, 15) is 4.79 Å². The summed E-state index contributed by atoms with van der Waals surface area (Å²) in [5.41, 5.74) is 2.85. The minimum Gasteiger partial charge on any atom is -0.467 e. The van der Waals surface area contributed by atoms with Crippen LogP contribution in [-0.2, 0) is 13.1 Å². The van der Waals surface area contributed by atoms with Gasteiger partial charge < -0.3 is 9.32 Å². The molecule has 1 N–H and O–H groups in total. The van der Waals surface area contributed by atoms with Gasteiger partial charge in [-0.05, 0) is 55.3 Å². The Morgan fingerprint density at radius 1 is 1.20 bits per heavy atom. The van der Waals surface area contributed by atoms with E-state index in [2.05, 4.69) is 15.3 Å². The van der Waals surface area contributed by atoms with Crippen LogP contribution in [0.2, 0.25) is 0 Å². The van der Waals surface area contributed by atoms with Crippen LogP contribution in [0.1, 0.15) is 22.6 Å². The van der Waals surface area contributed by atoms with E-state index < -0.39 is 0 Å². The number of nitrogens with zero attached hydrogens (tertiary/aromatic N) is 3. The number of furan rings is 1. The third-order valence-electron chi connectivity index (χ3n) is 3.64. The molecular formula is C19H20N4O2. The summed E-state index contributed by atoms with van der Waals surface area (Å²) in [5.74, 6) is 1.26. The number of carbonyl (C=O) groups is 1. The Balaban J connectivity index is 1.78. The van der Waals surface area contributed by atoms with Crippen molar-refractivity contribution < 1.29 is 9.21 Å². The Kier molecular flexibility index (Phi) is 5.09. The van der Waals surface area contributed by atoms with Crippen molar-refractivity contribution in [3.63, 3.8) is 0 Å². The number of aryl methyl sites for hydroxylation is 2. The number of hydrogen-bond acceptors (Lipinski definition) is 4. The molecule has 6 heteroatoms. The van der Waals surface area contributed by atoms with Crippen LogP contribution >= 0.6 is 0 Å². The first-order chi connectivity index (χ1) is 12.1. The maximum atomic E-state index is 12.8. The maximum Gasteiger partial charge on any atom is 0.323 e. The number of pyridine rings is 2. The SMILES string of the molecule is Cc1cc(C)nc(NC(=O)N(Cc2cccnc2)Cc2ccco2)c1. The first-order valence-corrected chi connectivity index (χ1v) is 8.02. The Labute approximate surface area is 146 Å². The summed E-state index contributed by atoms with van der Waals surface area (Å²) in [6, 6.07) is 11.0. The van der Waals surface area contributed by atoms with Gasteiger partial charge >= 0.3 is 6.03 Å². The van der Waals surface area contributed by atoms with E-state index in [1.54, 1.807) is 29.6 Å². The average Bonchev–Trinajstić information content (AvgIpc) is 3.07. The number of amides is 2. The smallest absolute Gasteiger partial charge is 0.323 e. The van der Waals surface area contributed by atoms with E-state index in [1.165, 1.54) is 0 Å². The zero-order chi connectivity index (χ0) is 17.6. The lowest BCUT2D eigenvalue weighted by Crippen LogP contribution is -2.34. The zero-order valence-corrected chi connectivity index (χ0v) is 14.3. The third-order valence-corrected chi connectivity index (χ3v) is 3.64. The zero-order valence-electron chi connectivity index (χ0n) is 14.3. The largest absolute Gasteiger partial charge is 0.467 e. The van der Waals surface area contributed by atoms with Crippen molar-refractivity contribution >= 4 is 11.8 Å². The lowest BCUT2D eigenvalue weighted by Gasteiger charge is -2.22. The lowest BCUT2D eigenvalue weighted by atomic mass is 10.2. The Bertz CT molecular complexity index is 812. The lowest BCUT2D eigenvalue weighted by molar-refractivity contribution is 0.201. The fraction of sp³-hybridized carbons (Fsp3) is 0.211. The molecule has 0 saturated heterocycles. The van der Waals surface area contributed by atoms with Gasteiger partial charge in [0, 0.05) is 24.6 Å². The topological polar surface area (TPSA) is 71.3 Å². The molecule has 3 aromatic rings. The average molecular weight is 336 g/mol. The Morgan fingerprint density at radius 3 is 2.76 bits per heavy atom. The molecule has 0 aliphatic rings. The molecule has 0 fully saturated rings. The monoisotopic (exact) mass is 336 g/mol. The third kappa shape index (κ3) is 4.67. The van der Waals surface area contributed by atoms with Gasteiger partial charge in [-0.3, -0.25) is 10.3 Å². The molecule has 3 heterocycles. The quantitative estimate of drug-likeness (QED) is 0.766. The van der Waals surface area contributed by atoms with Crippen LogP contribution < -0.4 is 5.32 Å². The van der Waals surface area contributed by atoms with Crippen molar-refractivity contribution in [1.82, 2.24) is 14.9 Å². The molecule has 0 bridgehead atoms. The van der Waals surface area contributed by atoms with Crippen LogP contribution in [0, 0.1) is 13.8 Å². The minimum atomic E-state index is -0.238. The number of rotatable bonds is 5.